The maximum atomic E-state index is 15.2. The van der Waals surface area contributed by atoms with Crippen molar-refractivity contribution in [2.75, 3.05) is 29.5 Å². The molecule has 1 saturated heterocycles. The van der Waals surface area contributed by atoms with E-state index in [0.717, 1.165) is 22.9 Å². The molecule has 12 heteroatoms. The summed E-state index contributed by atoms with van der Waals surface area (Å²) in [6, 6.07) is 2.07. The van der Waals surface area contributed by atoms with Crippen LogP contribution in [-0.2, 0) is 6.61 Å². The second kappa shape index (κ2) is 7.62. The molecular weight excluding hydrogens is 450 g/mol. The van der Waals surface area contributed by atoms with Gasteiger partial charge in [0.2, 0.25) is 5.43 Å². The average Bonchev–Trinajstić information content (AvgIpc) is 2.72. The maximum Gasteiger partial charge on any atom is 0.341 e. The van der Waals surface area contributed by atoms with E-state index in [1.807, 2.05) is 0 Å². The first kappa shape index (κ1) is 21.8. The first-order valence-electron chi connectivity index (χ1n) is 9.28. The van der Waals surface area contributed by atoms with Crippen molar-refractivity contribution in [1.29, 1.82) is 0 Å². The highest BCUT2D eigenvalue weighted by atomic mass is 35.5. The number of anilines is 3. The van der Waals surface area contributed by atoms with Crippen molar-refractivity contribution in [3.8, 4) is 5.69 Å². The number of aliphatic hydroxyl groups excluding tert-OH is 2. The molecule has 0 spiro atoms. The molecule has 1 aromatic heterocycles. The van der Waals surface area contributed by atoms with Gasteiger partial charge in [-0.25, -0.2) is 13.6 Å². The number of fused-ring (bicyclic) bond motifs is 1. The molecular formula is C20H17ClF2N4O5. The number of hydrogen-bond donors (Lipinski definition) is 5. The zero-order valence-electron chi connectivity index (χ0n) is 16.3. The van der Waals surface area contributed by atoms with Crippen molar-refractivity contribution < 1.29 is 28.9 Å². The summed E-state index contributed by atoms with van der Waals surface area (Å²) < 4.78 is 30.3. The Morgan fingerprint density at radius 3 is 2.47 bits per heavy atom. The summed E-state index contributed by atoms with van der Waals surface area (Å²) in [4.78, 5) is 26.0. The monoisotopic (exact) mass is 466 g/mol. The van der Waals surface area contributed by atoms with Gasteiger partial charge in [-0.05, 0) is 12.1 Å². The van der Waals surface area contributed by atoms with E-state index in [2.05, 4.69) is 0 Å². The number of benzene rings is 2. The summed E-state index contributed by atoms with van der Waals surface area (Å²) >= 11 is 6.51. The zero-order chi connectivity index (χ0) is 23.5. The van der Waals surface area contributed by atoms with Gasteiger partial charge in [-0.15, -0.1) is 0 Å². The molecule has 32 heavy (non-hydrogen) atoms. The van der Waals surface area contributed by atoms with Gasteiger partial charge in [0.15, 0.2) is 5.82 Å². The zero-order valence-corrected chi connectivity index (χ0v) is 17.0. The number of nitrogens with two attached hydrogens (primary N) is 2. The number of nitrogen functional groups attached to an aromatic ring is 2. The topological polar surface area (TPSA) is 155 Å². The van der Waals surface area contributed by atoms with Crippen molar-refractivity contribution in [3.05, 3.63) is 56.3 Å². The van der Waals surface area contributed by atoms with Crippen LogP contribution >= 0.6 is 11.6 Å². The third-order valence-corrected chi connectivity index (χ3v) is 5.73. The Labute approximate surface area is 183 Å². The van der Waals surface area contributed by atoms with Crippen molar-refractivity contribution in [2.45, 2.75) is 12.7 Å². The smallest absolute Gasteiger partial charge is 0.341 e. The van der Waals surface area contributed by atoms with Crippen molar-refractivity contribution >= 4 is 45.5 Å². The largest absolute Gasteiger partial charge is 0.477 e. The van der Waals surface area contributed by atoms with Crippen LogP contribution in [0.5, 0.6) is 0 Å². The highest BCUT2D eigenvalue weighted by Gasteiger charge is 2.33. The predicted molar refractivity (Wildman–Crippen MR) is 114 cm³/mol. The van der Waals surface area contributed by atoms with Gasteiger partial charge in [-0.3, -0.25) is 4.79 Å². The summed E-state index contributed by atoms with van der Waals surface area (Å²) in [6.45, 7) is -0.545. The molecule has 0 amide bonds. The molecule has 0 aliphatic carbocycles. The number of hydrogen-bond acceptors (Lipinski definition) is 7. The molecule has 0 atom stereocenters. The van der Waals surface area contributed by atoms with E-state index in [9.17, 15) is 29.3 Å². The molecule has 4 rings (SSSR count). The van der Waals surface area contributed by atoms with E-state index in [4.69, 9.17) is 23.1 Å². The molecule has 0 radical (unpaired) electrons. The van der Waals surface area contributed by atoms with E-state index in [1.165, 1.54) is 4.90 Å². The number of carbonyl (C=O) groups is 1. The second-order valence-corrected chi connectivity index (χ2v) is 7.76. The number of carboxylic acids is 1. The fourth-order valence-corrected chi connectivity index (χ4v) is 4.14. The van der Waals surface area contributed by atoms with Gasteiger partial charge in [0, 0.05) is 24.8 Å². The molecule has 9 nitrogen and oxygen atoms in total. The number of aliphatic hydroxyl groups is 2. The standard InChI is InChI=1S/C20H17ClF2N4O5/c21-14-17-13(16(25)15(23)18(14)26-3-8(29)4-26)19(30)9(20(31)32)5-27(17)12-2-11(24)10(22)1-7(12)6-28/h1-2,5,8,28-29H,3-4,6,24-25H2,(H,31,32). The lowest BCUT2D eigenvalue weighted by molar-refractivity contribution is 0.0695. The number of halogens is 3. The predicted octanol–water partition coefficient (Wildman–Crippen LogP) is 1.46. The summed E-state index contributed by atoms with van der Waals surface area (Å²) in [5.41, 5.74) is 8.48. The lowest BCUT2D eigenvalue weighted by atomic mass is 10.0. The molecule has 2 aromatic carbocycles. The SMILES string of the molecule is Nc1cc(-n2cc(C(=O)O)c(=O)c3c(N)c(F)c(N4CC(O)C4)c(Cl)c32)c(CO)cc1F. The minimum Gasteiger partial charge on any atom is -0.477 e. The fraction of sp³-hybridized carbons (Fsp3) is 0.200. The van der Waals surface area contributed by atoms with Crippen LogP contribution < -0.4 is 21.8 Å². The van der Waals surface area contributed by atoms with Gasteiger partial charge in [0.05, 0.1) is 51.4 Å². The van der Waals surface area contributed by atoms with Crippen LogP contribution in [0.2, 0.25) is 5.02 Å². The van der Waals surface area contributed by atoms with Crippen molar-refractivity contribution in [3.63, 3.8) is 0 Å². The van der Waals surface area contributed by atoms with Crippen LogP contribution in [0.1, 0.15) is 15.9 Å². The Hall–Kier alpha value is -3.41. The summed E-state index contributed by atoms with van der Waals surface area (Å²) in [5, 5.41) is 28.1. The van der Waals surface area contributed by atoms with E-state index in [0.29, 0.717) is 0 Å². The number of aromatic carboxylic acids is 1. The minimum atomic E-state index is -1.61. The number of pyridine rings is 1. The Bertz CT molecular complexity index is 1350. The van der Waals surface area contributed by atoms with Gasteiger partial charge in [0.1, 0.15) is 11.4 Å². The van der Waals surface area contributed by atoms with Gasteiger partial charge in [-0.1, -0.05) is 11.6 Å². The Balaban J connectivity index is 2.21. The molecule has 1 aliphatic rings. The summed E-state index contributed by atoms with van der Waals surface area (Å²) in [6.07, 6.45) is 0.216. The number of aromatic nitrogens is 1. The molecule has 0 unspecified atom stereocenters. The molecule has 2 heterocycles. The number of rotatable bonds is 4. The number of nitrogens with zero attached hydrogens (tertiary/aromatic N) is 2. The summed E-state index contributed by atoms with van der Waals surface area (Å²) in [7, 11) is 0. The molecule has 0 saturated carbocycles. The number of β-amino-alcohol motifs (C(OH)–C–C–N with tert-alkyl or cyclic N) is 1. The molecule has 7 N–H and O–H groups in total. The van der Waals surface area contributed by atoms with Gasteiger partial charge >= 0.3 is 5.97 Å². The van der Waals surface area contributed by atoms with Crippen molar-refractivity contribution in [2.24, 2.45) is 0 Å². The van der Waals surface area contributed by atoms with Gasteiger partial charge < -0.3 is 36.3 Å². The highest BCUT2D eigenvalue weighted by molar-refractivity contribution is 6.38. The van der Waals surface area contributed by atoms with Crippen LogP contribution in [0, 0.1) is 11.6 Å². The Kier molecular flexibility index (Phi) is 5.19. The summed E-state index contributed by atoms with van der Waals surface area (Å²) in [5.74, 6) is -3.48. The van der Waals surface area contributed by atoms with Crippen LogP contribution in [-0.4, -0.2) is 45.0 Å². The van der Waals surface area contributed by atoms with E-state index in [1.54, 1.807) is 0 Å². The maximum absolute atomic E-state index is 15.2. The normalized spacial score (nSPS) is 14.1. The second-order valence-electron chi connectivity index (χ2n) is 7.38. The third-order valence-electron chi connectivity index (χ3n) is 5.37. The first-order valence-corrected chi connectivity index (χ1v) is 9.65. The average molecular weight is 467 g/mol. The van der Waals surface area contributed by atoms with Crippen LogP contribution in [0.15, 0.2) is 23.1 Å². The fourth-order valence-electron chi connectivity index (χ4n) is 3.75. The van der Waals surface area contributed by atoms with Crippen molar-refractivity contribution in [1.82, 2.24) is 4.57 Å². The lowest BCUT2D eigenvalue weighted by Crippen LogP contribution is -2.51. The first-order chi connectivity index (χ1) is 15.1. The van der Waals surface area contributed by atoms with E-state index >= 15 is 4.39 Å². The van der Waals surface area contributed by atoms with E-state index < -0.39 is 52.4 Å². The molecule has 3 aromatic rings. The third kappa shape index (κ3) is 3.13. The van der Waals surface area contributed by atoms with Crippen LogP contribution in [0.4, 0.5) is 25.8 Å². The Morgan fingerprint density at radius 1 is 1.25 bits per heavy atom. The van der Waals surface area contributed by atoms with Crippen LogP contribution in [0.3, 0.4) is 0 Å². The van der Waals surface area contributed by atoms with Gasteiger partial charge in [0.25, 0.3) is 0 Å². The van der Waals surface area contributed by atoms with E-state index in [-0.39, 0.29) is 46.3 Å². The minimum absolute atomic E-state index is 0.00197. The Morgan fingerprint density at radius 2 is 1.91 bits per heavy atom. The molecule has 1 fully saturated rings. The number of carboxylic acid groups (broad SMARTS) is 1. The molecule has 0 bridgehead atoms. The highest BCUT2D eigenvalue weighted by Crippen LogP contribution is 2.42. The quantitative estimate of drug-likeness (QED) is 0.362. The molecule has 168 valence electrons. The molecule has 1 aliphatic heterocycles. The van der Waals surface area contributed by atoms with Crippen LogP contribution in [0.25, 0.3) is 16.6 Å². The van der Waals surface area contributed by atoms with Gasteiger partial charge in [-0.2, -0.15) is 0 Å². The lowest BCUT2D eigenvalue weighted by Gasteiger charge is -2.39.